The smallest absolute Gasteiger partial charge is 0.438 e. The molecule has 2 aromatic rings. The standard InChI is InChI=1S/C29H39NO9P/c1-27(2,3)25(32)35-21-36-29(39-40-34,38-26(33)28(4,5)6)24(23-15-11-8-12-16-23)17-18-30(20-31)37-19-22-13-9-7-10-14-22/h7-16,20,24,40H,17-19,21H2,1-6H3/q+1. The number of ether oxygens (including phenoxy) is 3. The van der Waals surface area contributed by atoms with Crippen LogP contribution in [0.25, 0.3) is 0 Å². The number of amides is 1. The first-order chi connectivity index (χ1) is 18.8. The molecule has 0 aromatic heterocycles. The van der Waals surface area contributed by atoms with Crippen molar-refractivity contribution < 1.29 is 42.5 Å². The van der Waals surface area contributed by atoms with Crippen LogP contribution in [0.1, 0.15) is 65.0 Å². The molecule has 3 unspecified atom stereocenters. The average Bonchev–Trinajstić information content (AvgIpc) is 2.90. The predicted octanol–water partition coefficient (Wildman–Crippen LogP) is 5.51. The van der Waals surface area contributed by atoms with Crippen LogP contribution in [-0.4, -0.2) is 42.7 Å². The molecule has 0 spiro atoms. The normalized spacial score (nSPS) is 14.2. The third kappa shape index (κ3) is 10.1. The Morgan fingerprint density at radius 1 is 0.900 bits per heavy atom. The zero-order valence-corrected chi connectivity index (χ0v) is 24.9. The second-order valence-electron chi connectivity index (χ2n) is 11.1. The summed E-state index contributed by atoms with van der Waals surface area (Å²) in [6.45, 7) is 9.48. The van der Waals surface area contributed by atoms with Gasteiger partial charge >= 0.3 is 26.6 Å². The van der Waals surface area contributed by atoms with E-state index in [1.165, 1.54) is 0 Å². The van der Waals surface area contributed by atoms with Gasteiger partial charge in [-0.25, -0.2) is 5.06 Å². The topological polar surface area (TPSA) is 118 Å². The number of esters is 2. The Morgan fingerprint density at radius 2 is 1.48 bits per heavy atom. The van der Waals surface area contributed by atoms with Crippen LogP contribution in [0.15, 0.2) is 60.7 Å². The Kier molecular flexibility index (Phi) is 12.4. The summed E-state index contributed by atoms with van der Waals surface area (Å²) in [4.78, 5) is 43.0. The highest BCUT2D eigenvalue weighted by molar-refractivity contribution is 7.17. The fourth-order valence-electron chi connectivity index (χ4n) is 3.41. The van der Waals surface area contributed by atoms with Crippen molar-refractivity contribution in [2.75, 3.05) is 13.3 Å². The predicted molar refractivity (Wildman–Crippen MR) is 148 cm³/mol. The van der Waals surface area contributed by atoms with E-state index in [2.05, 4.69) is 0 Å². The highest BCUT2D eigenvalue weighted by atomic mass is 31.1. The van der Waals surface area contributed by atoms with E-state index < -0.39 is 50.1 Å². The SMILES string of the molecule is CC(C)(C)C(=O)OCOC(O[PH+]=O)(OC(=O)C(C)(C)C)C(CCN(C=O)OCc1ccccc1)c1ccccc1. The van der Waals surface area contributed by atoms with Crippen molar-refractivity contribution in [1.82, 2.24) is 5.06 Å². The number of hydrogen-bond acceptors (Lipinski definition) is 9. The summed E-state index contributed by atoms with van der Waals surface area (Å²) in [6, 6.07) is 18.2. The van der Waals surface area contributed by atoms with Crippen LogP contribution in [0.5, 0.6) is 0 Å². The van der Waals surface area contributed by atoms with Gasteiger partial charge in [0.15, 0.2) is 6.79 Å². The van der Waals surface area contributed by atoms with Gasteiger partial charge < -0.3 is 9.47 Å². The minimum absolute atomic E-state index is 0.0289. The lowest BCUT2D eigenvalue weighted by Crippen LogP contribution is -2.48. The zero-order chi connectivity index (χ0) is 29.8. The minimum atomic E-state index is -2.27. The first-order valence-corrected chi connectivity index (χ1v) is 13.7. The average molecular weight is 577 g/mol. The number of carbonyl (C=O) groups is 3. The zero-order valence-electron chi connectivity index (χ0n) is 23.9. The number of hydrogen-bond donors (Lipinski definition) is 0. The van der Waals surface area contributed by atoms with Crippen molar-refractivity contribution in [2.24, 2.45) is 10.8 Å². The van der Waals surface area contributed by atoms with Gasteiger partial charge in [-0.1, -0.05) is 65.2 Å². The molecule has 0 saturated heterocycles. The van der Waals surface area contributed by atoms with Crippen molar-refractivity contribution >= 4 is 27.0 Å². The number of carbonyl (C=O) groups excluding carboxylic acids is 3. The largest absolute Gasteiger partial charge is 0.500 e. The monoisotopic (exact) mass is 576 g/mol. The van der Waals surface area contributed by atoms with Gasteiger partial charge in [-0.2, -0.15) is 0 Å². The van der Waals surface area contributed by atoms with Gasteiger partial charge in [-0.3, -0.25) is 24.0 Å². The van der Waals surface area contributed by atoms with Crippen LogP contribution in [0.3, 0.4) is 0 Å². The van der Waals surface area contributed by atoms with Gasteiger partial charge in [-0.05, 0) is 63.7 Å². The molecule has 218 valence electrons. The van der Waals surface area contributed by atoms with Crippen LogP contribution in [-0.2, 0) is 49.1 Å². The van der Waals surface area contributed by atoms with E-state index in [9.17, 15) is 18.9 Å². The molecule has 3 atom stereocenters. The molecule has 10 nitrogen and oxygen atoms in total. The third-order valence-electron chi connectivity index (χ3n) is 5.72. The van der Waals surface area contributed by atoms with Crippen LogP contribution in [0.4, 0.5) is 0 Å². The van der Waals surface area contributed by atoms with Gasteiger partial charge in [0.1, 0.15) is 6.61 Å². The van der Waals surface area contributed by atoms with E-state index in [1.807, 2.05) is 30.3 Å². The molecule has 11 heteroatoms. The molecule has 0 aliphatic carbocycles. The maximum absolute atomic E-state index is 13.1. The number of benzene rings is 2. The molecule has 0 radical (unpaired) electrons. The first-order valence-electron chi connectivity index (χ1n) is 12.9. The summed E-state index contributed by atoms with van der Waals surface area (Å²) in [6.07, 6.45) is 0.628. The summed E-state index contributed by atoms with van der Waals surface area (Å²) < 4.78 is 34.4. The fraction of sp³-hybridized carbons (Fsp3) is 0.483. The summed E-state index contributed by atoms with van der Waals surface area (Å²) in [7, 11) is -1.40. The van der Waals surface area contributed by atoms with E-state index in [0.29, 0.717) is 12.0 Å². The van der Waals surface area contributed by atoms with Gasteiger partial charge in [0.05, 0.1) is 16.7 Å². The first kappa shape index (κ1) is 33.0. The van der Waals surface area contributed by atoms with Crippen molar-refractivity contribution in [3.63, 3.8) is 0 Å². The molecular formula is C29H39NO9P+. The number of nitrogens with zero attached hydrogens (tertiary/aromatic N) is 1. The molecule has 1 amide bonds. The Bertz CT molecular complexity index is 1100. The van der Waals surface area contributed by atoms with E-state index in [-0.39, 0.29) is 19.6 Å². The van der Waals surface area contributed by atoms with E-state index in [4.69, 9.17) is 23.6 Å². The van der Waals surface area contributed by atoms with E-state index in [0.717, 1.165) is 10.6 Å². The molecule has 0 heterocycles. The van der Waals surface area contributed by atoms with E-state index >= 15 is 0 Å². The molecular weight excluding hydrogens is 537 g/mol. The molecule has 0 bridgehead atoms. The van der Waals surface area contributed by atoms with Crippen LogP contribution in [0, 0.1) is 10.8 Å². The highest BCUT2D eigenvalue weighted by Crippen LogP contribution is 2.41. The van der Waals surface area contributed by atoms with Crippen LogP contribution >= 0.6 is 8.69 Å². The quantitative estimate of drug-likeness (QED) is 0.0889. The summed E-state index contributed by atoms with van der Waals surface area (Å²) in [5.74, 6) is -4.46. The lowest BCUT2D eigenvalue weighted by Gasteiger charge is -2.36. The Labute approximate surface area is 237 Å². The molecule has 40 heavy (non-hydrogen) atoms. The lowest BCUT2D eigenvalue weighted by molar-refractivity contribution is -0.357. The Hall–Kier alpha value is -3.17. The summed E-state index contributed by atoms with van der Waals surface area (Å²) in [5.41, 5.74) is -0.351. The van der Waals surface area contributed by atoms with Crippen LogP contribution < -0.4 is 0 Å². The second kappa shape index (κ2) is 15.0. The van der Waals surface area contributed by atoms with Gasteiger partial charge in [0, 0.05) is 6.54 Å². The summed E-state index contributed by atoms with van der Waals surface area (Å²) >= 11 is 0. The van der Waals surface area contributed by atoms with E-state index in [1.54, 1.807) is 71.9 Å². The number of rotatable bonds is 15. The minimum Gasteiger partial charge on any atom is -0.438 e. The molecule has 2 aromatic carbocycles. The van der Waals surface area contributed by atoms with Gasteiger partial charge in [0.25, 0.3) is 0 Å². The van der Waals surface area contributed by atoms with Crippen molar-refractivity contribution in [2.45, 2.75) is 66.5 Å². The maximum Gasteiger partial charge on any atom is 0.500 e. The Morgan fingerprint density at radius 3 is 2.00 bits per heavy atom. The van der Waals surface area contributed by atoms with Gasteiger partial charge in [0.2, 0.25) is 6.41 Å². The second-order valence-corrected chi connectivity index (χ2v) is 11.5. The molecule has 0 saturated carbocycles. The van der Waals surface area contributed by atoms with Crippen LogP contribution in [0.2, 0.25) is 0 Å². The third-order valence-corrected chi connectivity index (χ3v) is 6.09. The summed E-state index contributed by atoms with van der Waals surface area (Å²) in [5, 5.41) is 1.11. The molecule has 0 aliphatic rings. The van der Waals surface area contributed by atoms with Gasteiger partial charge in [-0.15, -0.1) is 0 Å². The molecule has 0 aliphatic heterocycles. The van der Waals surface area contributed by atoms with Crippen molar-refractivity contribution in [1.29, 1.82) is 0 Å². The Balaban J connectivity index is 2.42. The maximum atomic E-state index is 13.1. The van der Waals surface area contributed by atoms with Crippen molar-refractivity contribution in [3.05, 3.63) is 71.8 Å². The fourth-order valence-corrected chi connectivity index (χ4v) is 3.77. The number of hydroxylamine groups is 2. The molecule has 0 N–H and O–H groups in total. The molecule has 2 rings (SSSR count). The molecule has 0 fully saturated rings. The lowest BCUT2D eigenvalue weighted by atomic mass is 9.92. The highest BCUT2D eigenvalue weighted by Gasteiger charge is 2.52. The van der Waals surface area contributed by atoms with Crippen molar-refractivity contribution in [3.8, 4) is 0 Å².